The number of rotatable bonds is 5. The first-order chi connectivity index (χ1) is 11.4. The highest BCUT2D eigenvalue weighted by atomic mass is 35.5. The maximum Gasteiger partial charge on any atom is 0.360 e. The topological polar surface area (TPSA) is 57.1 Å². The van der Waals surface area contributed by atoms with E-state index >= 15 is 0 Å². The lowest BCUT2D eigenvalue weighted by molar-refractivity contribution is -0.143. The van der Waals surface area contributed by atoms with Gasteiger partial charge in [0.15, 0.2) is 6.10 Å². The molecule has 126 valence electrons. The number of allylic oxidation sites excluding steroid dienone is 1. The van der Waals surface area contributed by atoms with E-state index in [4.69, 9.17) is 21.1 Å². The minimum absolute atomic E-state index is 0.0190. The van der Waals surface area contributed by atoms with E-state index in [1.54, 1.807) is 38.1 Å². The Bertz CT molecular complexity index is 716. The van der Waals surface area contributed by atoms with Crippen LogP contribution in [0.25, 0.3) is 0 Å². The zero-order chi connectivity index (χ0) is 17.6. The van der Waals surface area contributed by atoms with Crippen molar-refractivity contribution in [2.24, 2.45) is 4.99 Å². The lowest BCUT2D eigenvalue weighted by atomic mass is 10.2. The van der Waals surface area contributed by atoms with E-state index in [0.29, 0.717) is 11.5 Å². The van der Waals surface area contributed by atoms with Gasteiger partial charge in [-0.2, -0.15) is 0 Å². The molecule has 0 amide bonds. The molecule has 0 bridgehead atoms. The van der Waals surface area contributed by atoms with Crippen LogP contribution in [-0.4, -0.2) is 23.4 Å². The zero-order valence-electron chi connectivity index (χ0n) is 13.1. The molecule has 24 heavy (non-hydrogen) atoms. The predicted octanol–water partition coefficient (Wildman–Crippen LogP) is 3.58. The van der Waals surface area contributed by atoms with Gasteiger partial charge in [0.25, 0.3) is 0 Å². The molecule has 7 heteroatoms. The molecule has 0 spiro atoms. The molecule has 0 fully saturated rings. The van der Waals surface area contributed by atoms with E-state index in [2.05, 4.69) is 21.8 Å². The summed E-state index contributed by atoms with van der Waals surface area (Å²) in [5, 5.41) is -1.96. The third-order valence-electron chi connectivity index (χ3n) is 2.87. The van der Waals surface area contributed by atoms with E-state index in [1.807, 2.05) is 0 Å². The second-order valence-electron chi connectivity index (χ2n) is 4.87. The van der Waals surface area contributed by atoms with Crippen LogP contribution in [-0.2, 0) is 9.53 Å². The van der Waals surface area contributed by atoms with Gasteiger partial charge in [0, 0.05) is 13.3 Å². The highest BCUT2D eigenvalue weighted by molar-refractivity contribution is 6.31. The summed E-state index contributed by atoms with van der Waals surface area (Å²) >= 11 is 5.49. The van der Waals surface area contributed by atoms with Crippen molar-refractivity contribution in [3.63, 3.8) is 0 Å². The number of carbonyl (C=O) groups is 1. The molecule has 1 aromatic rings. The number of carbonyl (C=O) groups excluding carboxylic acids is 1. The third kappa shape index (κ3) is 5.28. The average Bonchev–Trinajstić information content (AvgIpc) is 2.56. The molecule has 0 N–H and O–H groups in total. The van der Waals surface area contributed by atoms with Crippen LogP contribution in [0, 0.1) is 12.0 Å². The van der Waals surface area contributed by atoms with Gasteiger partial charge in [-0.25, -0.2) is 14.2 Å². The van der Waals surface area contributed by atoms with Gasteiger partial charge in [-0.3, -0.25) is 0 Å². The monoisotopic (exact) mass is 351 g/mol. The van der Waals surface area contributed by atoms with Gasteiger partial charge < -0.3 is 14.2 Å². The van der Waals surface area contributed by atoms with Gasteiger partial charge in [0.05, 0.1) is 6.21 Å². The van der Waals surface area contributed by atoms with E-state index in [0.717, 1.165) is 6.21 Å². The van der Waals surface area contributed by atoms with Crippen LogP contribution < -0.4 is 9.47 Å². The number of hydrogen-bond donors (Lipinski definition) is 0. The first-order valence-corrected chi connectivity index (χ1v) is 7.47. The van der Waals surface area contributed by atoms with Gasteiger partial charge in [0.1, 0.15) is 17.6 Å². The summed E-state index contributed by atoms with van der Waals surface area (Å²) in [5.41, 5.74) is 0. The van der Waals surface area contributed by atoms with Crippen molar-refractivity contribution in [2.75, 3.05) is 0 Å². The number of hydrogen-bond acceptors (Lipinski definition) is 5. The van der Waals surface area contributed by atoms with E-state index in [9.17, 15) is 9.18 Å². The van der Waals surface area contributed by atoms with Gasteiger partial charge in [0.2, 0.25) is 11.0 Å². The van der Waals surface area contributed by atoms with E-state index in [-0.39, 0.29) is 12.3 Å². The first-order valence-electron chi connectivity index (χ1n) is 7.10. The van der Waals surface area contributed by atoms with Crippen LogP contribution in [0.4, 0.5) is 4.39 Å². The summed E-state index contributed by atoms with van der Waals surface area (Å²) in [6.45, 7) is 3.12. The van der Waals surface area contributed by atoms with Crippen LogP contribution in [0.2, 0.25) is 0 Å². The number of ether oxygens (including phenoxy) is 3. The van der Waals surface area contributed by atoms with Crippen LogP contribution in [0.1, 0.15) is 20.3 Å². The SMILES string of the molecule is CC#COC(=O)C(C)Oc1ccc(OC2=CCC(F)(Cl)C=N2)cc1. The number of halogens is 2. The summed E-state index contributed by atoms with van der Waals surface area (Å²) in [6, 6.07) is 6.51. The molecule has 1 heterocycles. The highest BCUT2D eigenvalue weighted by Crippen LogP contribution is 2.27. The number of benzene rings is 1. The Morgan fingerprint density at radius 2 is 2.04 bits per heavy atom. The van der Waals surface area contributed by atoms with Crippen LogP contribution in [0.15, 0.2) is 41.2 Å². The van der Waals surface area contributed by atoms with Crippen LogP contribution in [0.3, 0.4) is 0 Å². The fraction of sp³-hybridized carbons (Fsp3) is 0.294. The summed E-state index contributed by atoms with van der Waals surface area (Å²) in [6.07, 6.45) is 3.86. The maximum atomic E-state index is 13.4. The lowest BCUT2D eigenvalue weighted by Crippen LogP contribution is -2.24. The van der Waals surface area contributed by atoms with Gasteiger partial charge >= 0.3 is 5.97 Å². The first kappa shape index (κ1) is 17.8. The second-order valence-corrected chi connectivity index (χ2v) is 5.50. The normalized spacial score (nSPS) is 20.2. The molecule has 2 atom stereocenters. The molecule has 5 nitrogen and oxygen atoms in total. The van der Waals surface area contributed by atoms with Crippen LogP contribution >= 0.6 is 11.6 Å². The highest BCUT2D eigenvalue weighted by Gasteiger charge is 2.26. The number of aliphatic imine (C=N–C) groups is 1. The fourth-order valence-electron chi connectivity index (χ4n) is 1.70. The van der Waals surface area contributed by atoms with Gasteiger partial charge in [-0.05, 0) is 37.3 Å². The average molecular weight is 352 g/mol. The Balaban J connectivity index is 1.91. The summed E-state index contributed by atoms with van der Waals surface area (Å²) in [7, 11) is 0. The minimum Gasteiger partial charge on any atom is -0.479 e. The Hall–Kier alpha value is -2.52. The van der Waals surface area contributed by atoms with Crippen molar-refractivity contribution in [3.8, 4) is 23.5 Å². The molecule has 1 aliphatic heterocycles. The summed E-state index contributed by atoms with van der Waals surface area (Å²) < 4.78 is 28.9. The molecule has 0 aliphatic carbocycles. The number of alkyl halides is 2. The molecule has 2 rings (SSSR count). The van der Waals surface area contributed by atoms with Crippen molar-refractivity contribution < 1.29 is 23.4 Å². The molecule has 0 radical (unpaired) electrons. The number of nitrogens with zero attached hydrogens (tertiary/aromatic N) is 1. The Morgan fingerprint density at radius 3 is 2.62 bits per heavy atom. The lowest BCUT2D eigenvalue weighted by Gasteiger charge is -2.16. The Labute approximate surface area is 144 Å². The quantitative estimate of drug-likeness (QED) is 0.462. The van der Waals surface area contributed by atoms with Crippen molar-refractivity contribution in [1.82, 2.24) is 0 Å². The van der Waals surface area contributed by atoms with Gasteiger partial charge in [-0.15, -0.1) is 0 Å². The number of esters is 1. The molecule has 2 unspecified atom stereocenters. The van der Waals surface area contributed by atoms with E-state index in [1.165, 1.54) is 6.08 Å². The molecular weight excluding hydrogens is 337 g/mol. The molecule has 0 aromatic heterocycles. The summed E-state index contributed by atoms with van der Waals surface area (Å²) in [4.78, 5) is 15.4. The fourth-order valence-corrected chi connectivity index (χ4v) is 1.82. The minimum atomic E-state index is -1.96. The Kier molecular flexibility index (Phi) is 5.83. The van der Waals surface area contributed by atoms with Crippen molar-refractivity contribution in [3.05, 3.63) is 36.2 Å². The van der Waals surface area contributed by atoms with Crippen molar-refractivity contribution >= 4 is 23.8 Å². The van der Waals surface area contributed by atoms with Crippen LogP contribution in [0.5, 0.6) is 11.5 Å². The Morgan fingerprint density at radius 1 is 1.38 bits per heavy atom. The molecule has 1 aliphatic rings. The largest absolute Gasteiger partial charge is 0.479 e. The summed E-state index contributed by atoms with van der Waals surface area (Å²) in [5.74, 6) is 3.07. The van der Waals surface area contributed by atoms with Crippen molar-refractivity contribution in [1.29, 1.82) is 0 Å². The molecule has 0 saturated carbocycles. The predicted molar refractivity (Wildman–Crippen MR) is 87.6 cm³/mol. The van der Waals surface area contributed by atoms with Gasteiger partial charge in [-0.1, -0.05) is 17.5 Å². The third-order valence-corrected chi connectivity index (χ3v) is 3.13. The smallest absolute Gasteiger partial charge is 0.360 e. The van der Waals surface area contributed by atoms with Crippen molar-refractivity contribution in [2.45, 2.75) is 31.5 Å². The standard InChI is InChI=1S/C17H15ClFNO4/c1-3-10-22-16(21)12(2)23-13-4-6-14(7-5-13)24-15-8-9-17(18,19)11-20-15/h4-8,11-12H,9H2,1-2H3. The maximum absolute atomic E-state index is 13.4. The molecular formula is C17H15ClFNO4. The second kappa shape index (κ2) is 7.84. The zero-order valence-corrected chi connectivity index (χ0v) is 13.8. The van der Waals surface area contributed by atoms with E-state index < -0.39 is 17.2 Å². The molecule has 0 saturated heterocycles. The molecule has 1 aromatic carbocycles.